The second-order valence-electron chi connectivity index (χ2n) is 4.72. The van der Waals surface area contributed by atoms with Gasteiger partial charge in [0.2, 0.25) is 0 Å². The molecule has 1 heterocycles. The van der Waals surface area contributed by atoms with E-state index in [-0.39, 0.29) is 6.54 Å². The minimum Gasteiger partial charge on any atom is -0.493 e. The summed E-state index contributed by atoms with van der Waals surface area (Å²) in [5.41, 5.74) is 7.19. The average Bonchev–Trinajstić information content (AvgIpc) is 2.96. The van der Waals surface area contributed by atoms with Crippen molar-refractivity contribution >= 4 is 11.6 Å². The summed E-state index contributed by atoms with van der Waals surface area (Å²) in [4.78, 5) is 0. The van der Waals surface area contributed by atoms with E-state index >= 15 is 0 Å². The number of benzene rings is 2. The molecule has 0 saturated carbocycles. The fourth-order valence-electron chi connectivity index (χ4n) is 2.47. The maximum atomic E-state index is 6.20. The highest BCUT2D eigenvalue weighted by molar-refractivity contribution is 6.31. The molecule has 1 aliphatic rings. The molecular weight excluding hydrogens is 306 g/mol. The number of rotatable bonds is 4. The van der Waals surface area contributed by atoms with Gasteiger partial charge in [-0.3, -0.25) is 0 Å². The Labute approximate surface area is 133 Å². The molecule has 2 aromatic rings. The number of hydrogen-bond donors (Lipinski definition) is 1. The first-order valence-electron chi connectivity index (χ1n) is 6.76. The van der Waals surface area contributed by atoms with Gasteiger partial charge in [0, 0.05) is 22.2 Å². The molecule has 0 radical (unpaired) electrons. The van der Waals surface area contributed by atoms with Gasteiger partial charge in [0.05, 0.1) is 20.8 Å². The number of fused-ring (bicyclic) bond motifs is 1. The van der Waals surface area contributed by atoms with Crippen LogP contribution in [0.4, 0.5) is 0 Å². The molecule has 1 unspecified atom stereocenters. The van der Waals surface area contributed by atoms with E-state index in [1.807, 2.05) is 18.2 Å². The summed E-state index contributed by atoms with van der Waals surface area (Å²) in [5, 5.41) is 0.542. The zero-order valence-electron chi connectivity index (χ0n) is 12.3. The molecule has 0 amide bonds. The molecule has 5 nitrogen and oxygen atoms in total. The molecular formula is C16H16ClNO4. The topological polar surface area (TPSA) is 62.9 Å². The van der Waals surface area contributed by atoms with Gasteiger partial charge < -0.3 is 24.7 Å². The summed E-state index contributed by atoms with van der Waals surface area (Å²) in [6, 6.07) is 9.13. The molecule has 0 aliphatic carbocycles. The Hall–Kier alpha value is -2.11. The van der Waals surface area contributed by atoms with Gasteiger partial charge in [-0.1, -0.05) is 23.7 Å². The minimum absolute atomic E-state index is 0.251. The lowest BCUT2D eigenvalue weighted by Crippen LogP contribution is -2.27. The van der Waals surface area contributed by atoms with Crippen LogP contribution in [0.2, 0.25) is 5.02 Å². The van der Waals surface area contributed by atoms with Gasteiger partial charge in [-0.25, -0.2) is 0 Å². The van der Waals surface area contributed by atoms with Crippen LogP contribution >= 0.6 is 11.6 Å². The van der Waals surface area contributed by atoms with E-state index in [4.69, 9.17) is 36.3 Å². The third-order valence-corrected chi connectivity index (χ3v) is 3.63. The Kier molecular flexibility index (Phi) is 4.00. The zero-order chi connectivity index (χ0) is 15.7. The molecule has 22 heavy (non-hydrogen) atoms. The summed E-state index contributed by atoms with van der Waals surface area (Å²) >= 11 is 6.20. The molecule has 1 aliphatic heterocycles. The second-order valence-corrected chi connectivity index (χ2v) is 5.16. The van der Waals surface area contributed by atoms with Crippen LogP contribution in [-0.4, -0.2) is 27.1 Å². The Morgan fingerprint density at radius 1 is 1.14 bits per heavy atom. The molecule has 116 valence electrons. The molecule has 3 rings (SSSR count). The van der Waals surface area contributed by atoms with Gasteiger partial charge in [-0.15, -0.1) is 0 Å². The molecule has 2 aromatic carbocycles. The summed E-state index contributed by atoms with van der Waals surface area (Å²) < 4.78 is 22.2. The SMILES string of the molecule is COc1cccc(-c2cc(Cl)cc3c2OC(CN)O3)c1OC. The zero-order valence-corrected chi connectivity index (χ0v) is 13.0. The predicted octanol–water partition coefficient (Wildman–Crippen LogP) is 3.08. The highest BCUT2D eigenvalue weighted by Gasteiger charge is 2.28. The second kappa shape index (κ2) is 5.94. The van der Waals surface area contributed by atoms with Crippen molar-refractivity contribution in [1.82, 2.24) is 0 Å². The van der Waals surface area contributed by atoms with Gasteiger partial charge in [-0.05, 0) is 12.1 Å². The largest absolute Gasteiger partial charge is 0.493 e. The third kappa shape index (κ3) is 2.42. The molecule has 0 spiro atoms. The van der Waals surface area contributed by atoms with Crippen LogP contribution in [-0.2, 0) is 0 Å². The van der Waals surface area contributed by atoms with Crippen LogP contribution in [0.5, 0.6) is 23.0 Å². The van der Waals surface area contributed by atoms with Crippen molar-refractivity contribution in [1.29, 1.82) is 0 Å². The number of methoxy groups -OCH3 is 2. The van der Waals surface area contributed by atoms with Crippen LogP contribution in [0, 0.1) is 0 Å². The number of halogens is 1. The van der Waals surface area contributed by atoms with E-state index in [0.717, 1.165) is 11.1 Å². The third-order valence-electron chi connectivity index (χ3n) is 3.41. The molecule has 6 heteroatoms. The molecule has 0 aromatic heterocycles. The number of para-hydroxylation sites is 1. The predicted molar refractivity (Wildman–Crippen MR) is 84.1 cm³/mol. The molecule has 0 bridgehead atoms. The Balaban J connectivity index is 2.19. The van der Waals surface area contributed by atoms with E-state index in [1.54, 1.807) is 26.4 Å². The van der Waals surface area contributed by atoms with E-state index in [2.05, 4.69) is 0 Å². The van der Waals surface area contributed by atoms with E-state index < -0.39 is 6.29 Å². The maximum absolute atomic E-state index is 6.20. The summed E-state index contributed by atoms with van der Waals surface area (Å²) in [7, 11) is 3.18. The van der Waals surface area contributed by atoms with E-state index in [1.165, 1.54) is 0 Å². The fourth-order valence-corrected chi connectivity index (χ4v) is 2.68. The molecule has 0 fully saturated rings. The Bertz CT molecular complexity index is 705. The van der Waals surface area contributed by atoms with Crippen LogP contribution < -0.4 is 24.7 Å². The number of ether oxygens (including phenoxy) is 4. The highest BCUT2D eigenvalue weighted by Crippen LogP contribution is 2.49. The quantitative estimate of drug-likeness (QED) is 0.937. The lowest BCUT2D eigenvalue weighted by Gasteiger charge is -2.14. The first-order chi connectivity index (χ1) is 10.7. The van der Waals surface area contributed by atoms with E-state index in [9.17, 15) is 0 Å². The fraction of sp³-hybridized carbons (Fsp3) is 0.250. The first kappa shape index (κ1) is 14.8. The normalized spacial score (nSPS) is 15.7. The average molecular weight is 322 g/mol. The lowest BCUT2D eigenvalue weighted by atomic mass is 10.0. The van der Waals surface area contributed by atoms with Crippen molar-refractivity contribution < 1.29 is 18.9 Å². The first-order valence-corrected chi connectivity index (χ1v) is 7.14. The summed E-state index contributed by atoms with van der Waals surface area (Å²) in [5.74, 6) is 2.41. The molecule has 1 atom stereocenters. The molecule has 2 N–H and O–H groups in total. The Morgan fingerprint density at radius 3 is 2.64 bits per heavy atom. The molecule has 0 saturated heterocycles. The van der Waals surface area contributed by atoms with Crippen molar-refractivity contribution in [3.05, 3.63) is 35.4 Å². The van der Waals surface area contributed by atoms with Crippen LogP contribution in [0.25, 0.3) is 11.1 Å². The van der Waals surface area contributed by atoms with Gasteiger partial charge in [-0.2, -0.15) is 0 Å². The van der Waals surface area contributed by atoms with E-state index in [0.29, 0.717) is 28.0 Å². The van der Waals surface area contributed by atoms with Crippen molar-refractivity contribution in [2.75, 3.05) is 20.8 Å². The van der Waals surface area contributed by atoms with Crippen molar-refractivity contribution in [3.8, 4) is 34.1 Å². The van der Waals surface area contributed by atoms with Gasteiger partial charge >= 0.3 is 0 Å². The Morgan fingerprint density at radius 2 is 1.95 bits per heavy atom. The van der Waals surface area contributed by atoms with Crippen LogP contribution in [0.3, 0.4) is 0 Å². The smallest absolute Gasteiger partial charge is 0.253 e. The van der Waals surface area contributed by atoms with Gasteiger partial charge in [0.1, 0.15) is 0 Å². The van der Waals surface area contributed by atoms with Crippen molar-refractivity contribution in [2.24, 2.45) is 5.73 Å². The monoisotopic (exact) mass is 321 g/mol. The highest BCUT2D eigenvalue weighted by atomic mass is 35.5. The minimum atomic E-state index is -0.510. The summed E-state index contributed by atoms with van der Waals surface area (Å²) in [6.45, 7) is 0.251. The summed E-state index contributed by atoms with van der Waals surface area (Å²) in [6.07, 6.45) is -0.510. The van der Waals surface area contributed by atoms with Crippen molar-refractivity contribution in [3.63, 3.8) is 0 Å². The van der Waals surface area contributed by atoms with Crippen LogP contribution in [0.15, 0.2) is 30.3 Å². The number of hydrogen-bond acceptors (Lipinski definition) is 5. The standard InChI is InChI=1S/C16H16ClNO4/c1-19-12-5-3-4-10(15(12)20-2)11-6-9(17)7-13-16(11)22-14(8-18)21-13/h3-7,14H,8,18H2,1-2H3. The van der Waals surface area contributed by atoms with Crippen molar-refractivity contribution in [2.45, 2.75) is 6.29 Å². The van der Waals surface area contributed by atoms with Gasteiger partial charge in [0.15, 0.2) is 23.0 Å². The number of nitrogens with two attached hydrogens (primary N) is 1. The lowest BCUT2D eigenvalue weighted by molar-refractivity contribution is 0.0583. The van der Waals surface area contributed by atoms with Crippen LogP contribution in [0.1, 0.15) is 0 Å². The van der Waals surface area contributed by atoms with Gasteiger partial charge in [0.25, 0.3) is 6.29 Å². The maximum Gasteiger partial charge on any atom is 0.253 e.